The van der Waals surface area contributed by atoms with Gasteiger partial charge in [0.25, 0.3) is 0 Å². The highest BCUT2D eigenvalue weighted by molar-refractivity contribution is 7.89. The number of sulfonamides is 1. The van der Waals surface area contributed by atoms with Crippen LogP contribution in [-0.4, -0.2) is 14.3 Å². The molecular weight excluding hydrogens is 352 g/mol. The first-order chi connectivity index (χ1) is 12.5. The zero-order valence-corrected chi connectivity index (χ0v) is 15.8. The SMILES string of the molecule is CCCCCCCC(=O)Nc1ccc(S(=O)(=O)NCc2ccco2)cc1. The molecule has 2 rings (SSSR count). The van der Waals surface area contributed by atoms with Crippen molar-refractivity contribution in [2.45, 2.75) is 56.9 Å². The van der Waals surface area contributed by atoms with Gasteiger partial charge in [0.05, 0.1) is 17.7 Å². The molecule has 0 aliphatic heterocycles. The van der Waals surface area contributed by atoms with Crippen LogP contribution in [0.3, 0.4) is 0 Å². The van der Waals surface area contributed by atoms with Crippen molar-refractivity contribution < 1.29 is 17.6 Å². The van der Waals surface area contributed by atoms with Crippen LogP contribution in [0.2, 0.25) is 0 Å². The van der Waals surface area contributed by atoms with E-state index in [0.29, 0.717) is 17.9 Å². The Balaban J connectivity index is 1.82. The zero-order chi connectivity index (χ0) is 18.8. The van der Waals surface area contributed by atoms with E-state index in [1.807, 2.05) is 0 Å². The third-order valence-electron chi connectivity index (χ3n) is 3.97. The molecule has 1 heterocycles. The van der Waals surface area contributed by atoms with Gasteiger partial charge in [-0.15, -0.1) is 0 Å². The highest BCUT2D eigenvalue weighted by Crippen LogP contribution is 2.15. The molecule has 0 aliphatic carbocycles. The molecule has 1 aromatic carbocycles. The Morgan fingerprint density at radius 2 is 1.77 bits per heavy atom. The molecule has 1 amide bonds. The number of unbranched alkanes of at least 4 members (excludes halogenated alkanes) is 4. The maximum Gasteiger partial charge on any atom is 0.240 e. The lowest BCUT2D eigenvalue weighted by Gasteiger charge is -2.08. The van der Waals surface area contributed by atoms with Gasteiger partial charge in [0.15, 0.2) is 0 Å². The Morgan fingerprint density at radius 3 is 2.42 bits per heavy atom. The van der Waals surface area contributed by atoms with Crippen molar-refractivity contribution in [3.8, 4) is 0 Å². The molecule has 2 N–H and O–H groups in total. The molecule has 0 atom stereocenters. The van der Waals surface area contributed by atoms with Crippen molar-refractivity contribution in [1.82, 2.24) is 4.72 Å². The monoisotopic (exact) mass is 378 g/mol. The summed E-state index contributed by atoms with van der Waals surface area (Å²) >= 11 is 0. The topological polar surface area (TPSA) is 88.4 Å². The molecule has 0 saturated carbocycles. The van der Waals surface area contributed by atoms with Gasteiger partial charge in [0, 0.05) is 12.1 Å². The van der Waals surface area contributed by atoms with E-state index >= 15 is 0 Å². The largest absolute Gasteiger partial charge is 0.468 e. The Morgan fingerprint density at radius 1 is 1.04 bits per heavy atom. The minimum absolute atomic E-state index is 0.0481. The number of benzene rings is 1. The van der Waals surface area contributed by atoms with E-state index in [4.69, 9.17) is 4.42 Å². The average Bonchev–Trinajstić information content (AvgIpc) is 3.14. The van der Waals surface area contributed by atoms with Crippen LogP contribution in [0.25, 0.3) is 0 Å². The maximum atomic E-state index is 12.2. The predicted molar refractivity (Wildman–Crippen MR) is 101 cm³/mol. The first kappa shape index (κ1) is 20.2. The van der Waals surface area contributed by atoms with Gasteiger partial charge in [0.2, 0.25) is 15.9 Å². The number of hydrogen-bond donors (Lipinski definition) is 2. The summed E-state index contributed by atoms with van der Waals surface area (Å²) in [6, 6.07) is 9.53. The van der Waals surface area contributed by atoms with Crippen molar-refractivity contribution in [3.05, 3.63) is 48.4 Å². The summed E-state index contributed by atoms with van der Waals surface area (Å²) in [5.74, 6) is 0.490. The molecule has 0 unspecified atom stereocenters. The lowest BCUT2D eigenvalue weighted by atomic mass is 10.1. The number of furan rings is 1. The summed E-state index contributed by atoms with van der Waals surface area (Å²) < 4.78 is 32.1. The summed E-state index contributed by atoms with van der Waals surface area (Å²) in [5.41, 5.74) is 0.591. The average molecular weight is 378 g/mol. The first-order valence-corrected chi connectivity index (χ1v) is 10.4. The van der Waals surface area contributed by atoms with Gasteiger partial charge in [-0.05, 0) is 42.8 Å². The molecule has 0 fully saturated rings. The Bertz CT molecular complexity index is 768. The van der Waals surface area contributed by atoms with Gasteiger partial charge >= 0.3 is 0 Å². The molecule has 6 nitrogen and oxygen atoms in total. The molecule has 26 heavy (non-hydrogen) atoms. The lowest BCUT2D eigenvalue weighted by molar-refractivity contribution is -0.116. The fourth-order valence-electron chi connectivity index (χ4n) is 2.49. The number of anilines is 1. The maximum absolute atomic E-state index is 12.2. The number of rotatable bonds is 11. The van der Waals surface area contributed by atoms with E-state index in [2.05, 4.69) is 17.0 Å². The number of carbonyl (C=O) groups excluding carboxylic acids is 1. The van der Waals surface area contributed by atoms with Crippen molar-refractivity contribution in [1.29, 1.82) is 0 Å². The van der Waals surface area contributed by atoms with E-state index in [1.54, 1.807) is 24.3 Å². The second kappa shape index (κ2) is 10.1. The molecule has 2 aromatic rings. The zero-order valence-electron chi connectivity index (χ0n) is 15.0. The van der Waals surface area contributed by atoms with Gasteiger partial charge in [0.1, 0.15) is 5.76 Å². The minimum atomic E-state index is -3.63. The smallest absolute Gasteiger partial charge is 0.240 e. The van der Waals surface area contributed by atoms with Crippen LogP contribution in [0.15, 0.2) is 52.0 Å². The Labute approximate surface area is 155 Å². The highest BCUT2D eigenvalue weighted by Gasteiger charge is 2.14. The van der Waals surface area contributed by atoms with Gasteiger partial charge in [-0.25, -0.2) is 13.1 Å². The van der Waals surface area contributed by atoms with Crippen molar-refractivity contribution in [2.24, 2.45) is 0 Å². The van der Waals surface area contributed by atoms with Crippen LogP contribution in [0, 0.1) is 0 Å². The van der Waals surface area contributed by atoms with Crippen LogP contribution >= 0.6 is 0 Å². The number of carbonyl (C=O) groups is 1. The molecular formula is C19H26N2O4S. The van der Waals surface area contributed by atoms with E-state index in [0.717, 1.165) is 19.3 Å². The highest BCUT2D eigenvalue weighted by atomic mass is 32.2. The summed E-state index contributed by atoms with van der Waals surface area (Å²) in [4.78, 5) is 12.0. The molecule has 0 saturated heterocycles. The van der Waals surface area contributed by atoms with Crippen LogP contribution in [-0.2, 0) is 21.4 Å². The third-order valence-corrected chi connectivity index (χ3v) is 5.39. The molecule has 0 aliphatic rings. The molecule has 1 aromatic heterocycles. The second-order valence-corrected chi connectivity index (χ2v) is 7.91. The quantitative estimate of drug-likeness (QED) is 0.577. The summed E-state index contributed by atoms with van der Waals surface area (Å²) in [6.45, 7) is 2.24. The van der Waals surface area contributed by atoms with E-state index in [9.17, 15) is 13.2 Å². The van der Waals surface area contributed by atoms with E-state index in [-0.39, 0.29) is 17.3 Å². The van der Waals surface area contributed by atoms with Gasteiger partial charge < -0.3 is 9.73 Å². The van der Waals surface area contributed by atoms with E-state index < -0.39 is 10.0 Å². The van der Waals surface area contributed by atoms with Crippen molar-refractivity contribution in [2.75, 3.05) is 5.32 Å². The second-order valence-electron chi connectivity index (χ2n) is 6.14. The lowest BCUT2D eigenvalue weighted by Crippen LogP contribution is -2.23. The normalized spacial score (nSPS) is 11.4. The van der Waals surface area contributed by atoms with Crippen LogP contribution in [0.1, 0.15) is 51.2 Å². The fraction of sp³-hybridized carbons (Fsp3) is 0.421. The van der Waals surface area contributed by atoms with E-state index in [1.165, 1.54) is 31.2 Å². The number of amides is 1. The van der Waals surface area contributed by atoms with Crippen molar-refractivity contribution in [3.63, 3.8) is 0 Å². The third kappa shape index (κ3) is 6.65. The van der Waals surface area contributed by atoms with Crippen LogP contribution in [0.4, 0.5) is 5.69 Å². The standard InChI is InChI=1S/C19H26N2O4S/c1-2-3-4-5-6-9-19(22)21-16-10-12-18(13-11-16)26(23,24)20-15-17-8-7-14-25-17/h7-8,10-14,20H,2-6,9,15H2,1H3,(H,21,22). The van der Waals surface area contributed by atoms with Crippen LogP contribution in [0.5, 0.6) is 0 Å². The molecule has 0 bridgehead atoms. The minimum Gasteiger partial charge on any atom is -0.468 e. The van der Waals surface area contributed by atoms with Gasteiger partial charge in [-0.1, -0.05) is 32.6 Å². The summed E-state index contributed by atoms with van der Waals surface area (Å²) in [6.07, 6.45) is 7.43. The van der Waals surface area contributed by atoms with Gasteiger partial charge in [-0.2, -0.15) is 0 Å². The molecule has 7 heteroatoms. The molecule has 0 radical (unpaired) electrons. The first-order valence-electron chi connectivity index (χ1n) is 8.93. The van der Waals surface area contributed by atoms with Crippen molar-refractivity contribution >= 4 is 21.6 Å². The number of nitrogens with one attached hydrogen (secondary N) is 2. The summed E-state index contributed by atoms with van der Waals surface area (Å²) in [7, 11) is -3.63. The van der Waals surface area contributed by atoms with Gasteiger partial charge in [-0.3, -0.25) is 4.79 Å². The Kier molecular flexibility index (Phi) is 7.87. The van der Waals surface area contributed by atoms with Crippen LogP contribution < -0.4 is 10.0 Å². The Hall–Kier alpha value is -2.12. The summed E-state index contributed by atoms with van der Waals surface area (Å²) in [5, 5.41) is 2.80. The fourth-order valence-corrected chi connectivity index (χ4v) is 3.49. The number of hydrogen-bond acceptors (Lipinski definition) is 4. The predicted octanol–water partition coefficient (Wildman–Crippen LogP) is 4.06. The molecule has 142 valence electrons. The molecule has 0 spiro atoms.